The second-order valence-electron chi connectivity index (χ2n) is 10.5. The van der Waals surface area contributed by atoms with Gasteiger partial charge in [-0.2, -0.15) is 18.8 Å². The predicted octanol–water partition coefficient (Wildman–Crippen LogP) is 8.61. The molecule has 4 aromatic carbocycles. The Hall–Kier alpha value is -4.18. The summed E-state index contributed by atoms with van der Waals surface area (Å²) in [5.74, 6) is 0. The van der Waals surface area contributed by atoms with E-state index in [0.717, 1.165) is 16.9 Å². The van der Waals surface area contributed by atoms with Crippen LogP contribution in [-0.4, -0.2) is 20.3 Å². The molecule has 0 saturated carbocycles. The summed E-state index contributed by atoms with van der Waals surface area (Å²) in [6.45, 7) is 8.58. The molecule has 0 unspecified atom stereocenters. The van der Waals surface area contributed by atoms with Gasteiger partial charge in [0.25, 0.3) is 0 Å². The summed E-state index contributed by atoms with van der Waals surface area (Å²) in [6, 6.07) is 38.5. The van der Waals surface area contributed by atoms with Gasteiger partial charge in [0.1, 0.15) is 0 Å². The summed E-state index contributed by atoms with van der Waals surface area (Å²) in [5, 5.41) is 5.17. The van der Waals surface area contributed by atoms with E-state index < -0.39 is 0 Å². The molecule has 7 aromatic rings. The molecule has 3 aromatic heterocycles. The minimum atomic E-state index is 0. The average molecular weight is 710 g/mol. The van der Waals surface area contributed by atoms with Crippen molar-refractivity contribution in [2.45, 2.75) is 26.8 Å². The largest absolute Gasteiger partial charge is 3.00 e. The summed E-state index contributed by atoms with van der Waals surface area (Å²) in [6.07, 6.45) is 6.12. The van der Waals surface area contributed by atoms with Crippen LogP contribution in [0.4, 0.5) is 5.69 Å². The number of nitrogens with zero attached hydrogens (tertiary/aromatic N) is 4. The Labute approximate surface area is 254 Å². The molecular formula is C36H29IrN4. The van der Waals surface area contributed by atoms with Gasteiger partial charge in [-0.25, -0.2) is 0 Å². The first kappa shape index (κ1) is 27.0. The topological polar surface area (TPSA) is 23.8 Å². The molecule has 0 spiro atoms. The maximum atomic E-state index is 4.32. The molecule has 4 heterocycles. The zero-order chi connectivity index (χ0) is 27.2. The van der Waals surface area contributed by atoms with Gasteiger partial charge in [0, 0.05) is 22.5 Å². The van der Waals surface area contributed by atoms with Crippen LogP contribution in [0.5, 0.6) is 0 Å². The third-order valence-corrected chi connectivity index (χ3v) is 7.57. The van der Waals surface area contributed by atoms with Crippen LogP contribution in [0.1, 0.15) is 19.4 Å². The number of hydrogen-bond donors (Lipinski definition) is 0. The summed E-state index contributed by atoms with van der Waals surface area (Å²) in [5.41, 5.74) is 8.11. The molecule has 41 heavy (non-hydrogen) atoms. The fourth-order valence-electron chi connectivity index (χ4n) is 5.59. The maximum absolute atomic E-state index is 4.32. The van der Waals surface area contributed by atoms with E-state index in [1.54, 1.807) is 0 Å². The number of anilines is 1. The number of rotatable bonds is 3. The molecule has 0 bridgehead atoms. The van der Waals surface area contributed by atoms with Crippen molar-refractivity contribution < 1.29 is 20.1 Å². The summed E-state index contributed by atoms with van der Waals surface area (Å²) >= 11 is 0. The smallest absolute Gasteiger partial charge is 0.506 e. The Morgan fingerprint density at radius 2 is 1.56 bits per heavy atom. The van der Waals surface area contributed by atoms with E-state index in [2.05, 4.69) is 119 Å². The molecule has 1 aliphatic heterocycles. The van der Waals surface area contributed by atoms with Crippen LogP contribution in [0.3, 0.4) is 0 Å². The van der Waals surface area contributed by atoms with Crippen molar-refractivity contribution in [1.29, 1.82) is 0 Å². The minimum absolute atomic E-state index is 0. The fraction of sp³-hybridized carbons (Fsp3) is 0.111. The van der Waals surface area contributed by atoms with E-state index in [-0.39, 0.29) is 20.1 Å². The van der Waals surface area contributed by atoms with E-state index in [0.29, 0.717) is 6.04 Å². The number of fused-ring (bicyclic) bond motifs is 6. The monoisotopic (exact) mass is 710 g/mol. The number of aromatic nitrogens is 2. The number of aryl methyl sites for hydroxylation is 1. The van der Waals surface area contributed by atoms with Crippen LogP contribution in [0.15, 0.2) is 110 Å². The van der Waals surface area contributed by atoms with E-state index in [9.17, 15) is 0 Å². The quantitative estimate of drug-likeness (QED) is 0.172. The number of para-hydroxylation sites is 2. The van der Waals surface area contributed by atoms with Crippen LogP contribution >= 0.6 is 0 Å². The number of benzene rings is 4. The molecule has 0 atom stereocenters. The predicted molar refractivity (Wildman–Crippen MR) is 166 cm³/mol. The molecule has 0 saturated heterocycles. The van der Waals surface area contributed by atoms with Crippen LogP contribution in [0.25, 0.3) is 49.4 Å². The van der Waals surface area contributed by atoms with Gasteiger partial charge in [-0.05, 0) is 61.9 Å². The molecule has 4 nitrogen and oxygen atoms in total. The van der Waals surface area contributed by atoms with Crippen LogP contribution in [-0.2, 0) is 20.1 Å². The van der Waals surface area contributed by atoms with Crippen molar-refractivity contribution in [2.24, 2.45) is 0 Å². The molecule has 0 fully saturated rings. The zero-order valence-corrected chi connectivity index (χ0v) is 25.6. The summed E-state index contributed by atoms with van der Waals surface area (Å²) in [4.78, 5) is 8.72. The molecular weight excluding hydrogens is 681 g/mol. The maximum Gasteiger partial charge on any atom is 3.00 e. The third-order valence-electron chi connectivity index (χ3n) is 7.57. The van der Waals surface area contributed by atoms with Gasteiger partial charge < -0.3 is 19.2 Å². The van der Waals surface area contributed by atoms with Gasteiger partial charge >= 0.3 is 20.1 Å². The minimum Gasteiger partial charge on any atom is -0.506 e. The van der Waals surface area contributed by atoms with Gasteiger partial charge in [-0.3, -0.25) is 0 Å². The average Bonchev–Trinajstić information content (AvgIpc) is 3.71. The summed E-state index contributed by atoms with van der Waals surface area (Å²) < 4.78 is 2.41. The Morgan fingerprint density at radius 3 is 2.32 bits per heavy atom. The molecule has 5 heteroatoms. The van der Waals surface area contributed by atoms with Gasteiger partial charge in [-0.15, -0.1) is 42.0 Å². The van der Waals surface area contributed by atoms with E-state index in [4.69, 9.17) is 0 Å². The number of pyridine rings is 1. The number of hydrogen-bond acceptors (Lipinski definition) is 3. The standard InChI is InChI=1S/C24H19N3.C12H10N.Ir/c1-16(2)25-13-14-26(15-25)21-11-6-12-22-23(21)19-9-5-8-18-17-7-3-4-10-20(17)27(22)24(18)19;1-10-7-8-12(13-9-10)11-5-3-2-4-6-11;/h3-10,12-16H,1-2H3;2-5,7-9H,1H3;/q-2;-1;+3. The van der Waals surface area contributed by atoms with Crippen molar-refractivity contribution in [1.82, 2.24) is 14.3 Å². The third kappa shape index (κ3) is 4.65. The molecule has 0 radical (unpaired) electrons. The zero-order valence-electron chi connectivity index (χ0n) is 23.2. The van der Waals surface area contributed by atoms with E-state index >= 15 is 0 Å². The molecule has 8 rings (SSSR count). The molecule has 0 amide bonds. The van der Waals surface area contributed by atoms with Crippen LogP contribution in [0.2, 0.25) is 0 Å². The van der Waals surface area contributed by atoms with E-state index in [1.165, 1.54) is 43.7 Å². The second-order valence-corrected chi connectivity index (χ2v) is 10.5. The van der Waals surface area contributed by atoms with Crippen molar-refractivity contribution in [3.05, 3.63) is 134 Å². The Kier molecular flexibility index (Phi) is 7.25. The first-order valence-electron chi connectivity index (χ1n) is 13.7. The van der Waals surface area contributed by atoms with Gasteiger partial charge in [-0.1, -0.05) is 65.1 Å². The SMILES string of the molecule is CC(C)N1C=CN(c2[c-]ccc3c2c2cccc4c5ccccc5n3c42)[CH-]1.Cc1ccc(-c2[c-]cccc2)nc1.[Ir+3]. The Balaban J connectivity index is 0.000000183. The first-order valence-corrected chi connectivity index (χ1v) is 13.7. The van der Waals surface area contributed by atoms with Gasteiger partial charge in [0.15, 0.2) is 0 Å². The molecule has 202 valence electrons. The fourth-order valence-corrected chi connectivity index (χ4v) is 5.59. The second kappa shape index (κ2) is 11.0. The normalized spacial score (nSPS) is 13.0. The van der Waals surface area contributed by atoms with Crippen molar-refractivity contribution in [2.75, 3.05) is 4.90 Å². The molecule has 0 N–H and O–H groups in total. The van der Waals surface area contributed by atoms with Crippen molar-refractivity contribution >= 4 is 43.8 Å². The molecule has 1 aliphatic rings. The van der Waals surface area contributed by atoms with Crippen molar-refractivity contribution in [3.63, 3.8) is 0 Å². The van der Waals surface area contributed by atoms with Gasteiger partial charge in [0.05, 0.1) is 5.52 Å². The first-order chi connectivity index (χ1) is 19.6. The Morgan fingerprint density at radius 1 is 0.756 bits per heavy atom. The van der Waals surface area contributed by atoms with E-state index in [1.807, 2.05) is 49.5 Å². The molecule has 0 aliphatic carbocycles. The van der Waals surface area contributed by atoms with Crippen molar-refractivity contribution in [3.8, 4) is 11.3 Å². The van der Waals surface area contributed by atoms with Crippen LogP contribution in [0, 0.1) is 25.7 Å². The summed E-state index contributed by atoms with van der Waals surface area (Å²) in [7, 11) is 0. The van der Waals surface area contributed by atoms with Gasteiger partial charge in [0.2, 0.25) is 0 Å². The van der Waals surface area contributed by atoms with Crippen LogP contribution < -0.4 is 4.90 Å². The Bertz CT molecular complexity index is 1970.